The van der Waals surface area contributed by atoms with Crippen LogP contribution in [-0.4, -0.2) is 52.9 Å². The van der Waals surface area contributed by atoms with Gasteiger partial charge in [-0.05, 0) is 31.0 Å². The van der Waals surface area contributed by atoms with Crippen molar-refractivity contribution in [1.82, 2.24) is 14.7 Å². The van der Waals surface area contributed by atoms with Gasteiger partial charge in [-0.25, -0.2) is 0 Å². The van der Waals surface area contributed by atoms with Crippen molar-refractivity contribution in [1.29, 1.82) is 0 Å². The maximum Gasteiger partial charge on any atom is 0.275 e. The van der Waals surface area contributed by atoms with Crippen LogP contribution in [0.3, 0.4) is 0 Å². The lowest BCUT2D eigenvalue weighted by Gasteiger charge is -2.39. The molecule has 2 atom stereocenters. The largest absolute Gasteiger partial charge is 0.489 e. The summed E-state index contributed by atoms with van der Waals surface area (Å²) in [7, 11) is 2.06. The van der Waals surface area contributed by atoms with E-state index in [0.717, 1.165) is 30.0 Å². The zero-order valence-corrected chi connectivity index (χ0v) is 17.4. The first-order chi connectivity index (χ1) is 14.6. The number of ether oxygens (including phenoxy) is 1. The quantitative estimate of drug-likeness (QED) is 0.675. The van der Waals surface area contributed by atoms with E-state index in [2.05, 4.69) is 42.2 Å². The molecular weight excluding hydrogens is 376 g/mol. The number of para-hydroxylation sites is 2. The molecule has 3 heterocycles. The number of carbonyl (C=O) groups excluding carboxylic acids is 1. The van der Waals surface area contributed by atoms with Gasteiger partial charge in [-0.1, -0.05) is 42.5 Å². The van der Waals surface area contributed by atoms with E-state index in [4.69, 9.17) is 4.74 Å². The second kappa shape index (κ2) is 7.52. The Balaban J connectivity index is 1.39. The lowest BCUT2D eigenvalue weighted by Crippen LogP contribution is -2.55. The Hall–Kier alpha value is -3.28. The number of carbonyl (C=O) groups is 1. The van der Waals surface area contributed by atoms with Gasteiger partial charge in [-0.2, -0.15) is 5.10 Å². The molecule has 0 saturated carbocycles. The highest BCUT2D eigenvalue weighted by molar-refractivity contribution is 5.95. The van der Waals surface area contributed by atoms with Crippen LogP contribution in [0, 0.1) is 0 Å². The van der Waals surface area contributed by atoms with Gasteiger partial charge < -0.3 is 14.5 Å². The zero-order valence-electron chi connectivity index (χ0n) is 17.4. The minimum absolute atomic E-state index is 0.00326. The van der Waals surface area contributed by atoms with Crippen LogP contribution in [0.4, 0.5) is 5.69 Å². The molecule has 154 valence electrons. The van der Waals surface area contributed by atoms with Crippen molar-refractivity contribution in [3.63, 3.8) is 0 Å². The van der Waals surface area contributed by atoms with Crippen LogP contribution >= 0.6 is 0 Å². The van der Waals surface area contributed by atoms with Crippen molar-refractivity contribution in [3.05, 3.63) is 77.6 Å². The summed E-state index contributed by atoms with van der Waals surface area (Å²) < 4.78 is 7.98. The fourth-order valence-corrected chi connectivity index (χ4v) is 4.62. The Bertz CT molecular complexity index is 1060. The predicted octanol–water partition coefficient (Wildman–Crippen LogP) is 3.22. The van der Waals surface area contributed by atoms with E-state index in [1.165, 1.54) is 5.56 Å². The molecular formula is C24H26N4O2. The monoisotopic (exact) mass is 402 g/mol. The Morgan fingerprint density at radius 1 is 1.10 bits per heavy atom. The maximum absolute atomic E-state index is 13.5. The molecule has 30 heavy (non-hydrogen) atoms. The Morgan fingerprint density at radius 3 is 2.70 bits per heavy atom. The summed E-state index contributed by atoms with van der Waals surface area (Å²) in [5.41, 5.74) is 3.84. The van der Waals surface area contributed by atoms with Gasteiger partial charge in [-0.3, -0.25) is 9.48 Å². The van der Waals surface area contributed by atoms with Crippen LogP contribution in [0.5, 0.6) is 5.75 Å². The van der Waals surface area contributed by atoms with Gasteiger partial charge >= 0.3 is 0 Å². The summed E-state index contributed by atoms with van der Waals surface area (Å²) in [6, 6.07) is 18.3. The minimum Gasteiger partial charge on any atom is -0.489 e. The second-order valence-electron chi connectivity index (χ2n) is 8.26. The molecule has 1 amide bonds. The number of anilines is 1. The molecule has 0 spiro atoms. The maximum atomic E-state index is 13.5. The predicted molar refractivity (Wildman–Crippen MR) is 116 cm³/mol. The van der Waals surface area contributed by atoms with Crippen molar-refractivity contribution in [2.45, 2.75) is 32.0 Å². The first-order valence-electron chi connectivity index (χ1n) is 10.5. The van der Waals surface area contributed by atoms with Crippen LogP contribution < -0.4 is 9.64 Å². The van der Waals surface area contributed by atoms with Crippen LogP contribution in [-0.2, 0) is 13.0 Å². The number of hydrogen-bond donors (Lipinski definition) is 0. The molecule has 0 bridgehead atoms. The van der Waals surface area contributed by atoms with Gasteiger partial charge in [0.25, 0.3) is 5.91 Å². The molecule has 3 aromatic rings. The van der Waals surface area contributed by atoms with Crippen molar-refractivity contribution in [3.8, 4) is 5.75 Å². The van der Waals surface area contributed by atoms with Crippen molar-refractivity contribution < 1.29 is 9.53 Å². The molecule has 0 radical (unpaired) electrons. The molecule has 2 aliphatic heterocycles. The topological polar surface area (TPSA) is 50.6 Å². The molecule has 0 aliphatic carbocycles. The number of likely N-dealkylation sites (N-methyl/N-ethyl adjacent to an activating group) is 1. The van der Waals surface area contributed by atoms with E-state index < -0.39 is 0 Å². The molecule has 0 N–H and O–H groups in total. The number of fused-ring (bicyclic) bond motifs is 2. The zero-order chi connectivity index (χ0) is 20.7. The fraction of sp³-hybridized carbons (Fsp3) is 0.333. The molecule has 0 saturated heterocycles. The third-order valence-electron chi connectivity index (χ3n) is 6.04. The standard InChI is InChI=1S/C24H26N4O2/c1-17-12-19-14-27(13-18-8-4-3-5-9-18)25-23(19)24(29)28(17)20-15-26(2)21-10-6-7-11-22(21)30-16-20/h3-11,14,17,20H,12-13,15-16H2,1-2H3/t17?,20-/m0/s1. The Labute approximate surface area is 176 Å². The number of rotatable bonds is 3. The number of hydrogen-bond acceptors (Lipinski definition) is 4. The SMILES string of the molecule is CC1Cc2cn(Cc3ccccc3)nc2C(=O)N1[C@@H]1COc2ccccc2N(C)C1. The smallest absolute Gasteiger partial charge is 0.275 e. The van der Waals surface area contributed by atoms with Gasteiger partial charge in [-0.15, -0.1) is 0 Å². The first-order valence-corrected chi connectivity index (χ1v) is 10.5. The van der Waals surface area contributed by atoms with Gasteiger partial charge in [0.05, 0.1) is 18.3 Å². The van der Waals surface area contributed by atoms with Crippen LogP contribution in [0.1, 0.15) is 28.5 Å². The third-order valence-corrected chi connectivity index (χ3v) is 6.04. The molecule has 1 aromatic heterocycles. The molecule has 5 rings (SSSR count). The fourth-order valence-electron chi connectivity index (χ4n) is 4.62. The van der Waals surface area contributed by atoms with Gasteiger partial charge in [0.2, 0.25) is 0 Å². The van der Waals surface area contributed by atoms with E-state index in [1.807, 2.05) is 52.2 Å². The summed E-state index contributed by atoms with van der Waals surface area (Å²) in [4.78, 5) is 17.6. The molecule has 0 fully saturated rings. The summed E-state index contributed by atoms with van der Waals surface area (Å²) in [5, 5.41) is 4.66. The third kappa shape index (κ3) is 3.32. The highest BCUT2D eigenvalue weighted by atomic mass is 16.5. The lowest BCUT2D eigenvalue weighted by atomic mass is 9.98. The average molecular weight is 402 g/mol. The summed E-state index contributed by atoms with van der Waals surface area (Å²) in [6.45, 7) is 4.00. The number of benzene rings is 2. The molecule has 1 unspecified atom stereocenters. The van der Waals surface area contributed by atoms with Gasteiger partial charge in [0.15, 0.2) is 5.69 Å². The van der Waals surface area contributed by atoms with E-state index in [0.29, 0.717) is 18.8 Å². The first kappa shape index (κ1) is 18.7. The number of amides is 1. The molecule has 6 nitrogen and oxygen atoms in total. The van der Waals surface area contributed by atoms with Crippen LogP contribution in [0.15, 0.2) is 60.8 Å². The Kier molecular flexibility index (Phi) is 4.69. The summed E-state index contributed by atoms with van der Waals surface area (Å²) >= 11 is 0. The number of nitrogens with zero attached hydrogens (tertiary/aromatic N) is 4. The molecule has 2 aromatic carbocycles. The lowest BCUT2D eigenvalue weighted by molar-refractivity contribution is 0.0493. The Morgan fingerprint density at radius 2 is 1.87 bits per heavy atom. The van der Waals surface area contributed by atoms with E-state index in [-0.39, 0.29) is 18.0 Å². The van der Waals surface area contributed by atoms with E-state index in [9.17, 15) is 4.79 Å². The van der Waals surface area contributed by atoms with Crippen molar-refractivity contribution >= 4 is 11.6 Å². The molecule has 6 heteroatoms. The van der Waals surface area contributed by atoms with E-state index in [1.54, 1.807) is 0 Å². The second-order valence-corrected chi connectivity index (χ2v) is 8.26. The van der Waals surface area contributed by atoms with Gasteiger partial charge in [0.1, 0.15) is 12.4 Å². The van der Waals surface area contributed by atoms with Crippen LogP contribution in [0.2, 0.25) is 0 Å². The number of aromatic nitrogens is 2. The normalized spacial score (nSPS) is 20.9. The molecule has 2 aliphatic rings. The van der Waals surface area contributed by atoms with Crippen LogP contribution in [0.25, 0.3) is 0 Å². The highest BCUT2D eigenvalue weighted by Gasteiger charge is 2.38. The van der Waals surface area contributed by atoms with Crippen molar-refractivity contribution in [2.75, 3.05) is 25.1 Å². The summed E-state index contributed by atoms with van der Waals surface area (Å²) in [6.07, 6.45) is 2.84. The van der Waals surface area contributed by atoms with Gasteiger partial charge in [0, 0.05) is 31.4 Å². The minimum atomic E-state index is -0.0303. The highest BCUT2D eigenvalue weighted by Crippen LogP contribution is 2.32. The van der Waals surface area contributed by atoms with Crippen molar-refractivity contribution in [2.24, 2.45) is 0 Å². The summed E-state index contributed by atoms with van der Waals surface area (Å²) in [5.74, 6) is 0.871. The average Bonchev–Trinajstić information content (AvgIpc) is 3.07. The van der Waals surface area contributed by atoms with E-state index >= 15 is 0 Å².